The number of hydrogen-bond acceptors (Lipinski definition) is 1. The van der Waals surface area contributed by atoms with E-state index >= 15 is 0 Å². The van der Waals surface area contributed by atoms with Crippen LogP contribution in [0.1, 0.15) is 10.4 Å². The number of halogens is 1. The van der Waals surface area contributed by atoms with Crippen molar-refractivity contribution in [3.8, 4) is 0 Å². The van der Waals surface area contributed by atoms with Gasteiger partial charge in [-0.25, -0.2) is 0 Å². The van der Waals surface area contributed by atoms with Crippen LogP contribution in [0.25, 0.3) is 10.9 Å². The summed E-state index contributed by atoms with van der Waals surface area (Å²) in [4.78, 5) is 13.4. The number of carbonyl (C=O) groups excluding carboxylic acids is 1. The van der Waals surface area contributed by atoms with Crippen molar-refractivity contribution in [3.63, 3.8) is 0 Å². The molecule has 2 nitrogen and oxygen atoms in total. The average Bonchev–Trinajstić information content (AvgIpc) is 2.47. The Labute approximate surface area is 74.2 Å². The number of nitrogens with one attached hydrogen (secondary N) is 1. The number of aldehydes is 1. The molecular weight excluding hydrogens is 174 g/mol. The number of benzene rings is 1. The third-order valence-electron chi connectivity index (χ3n) is 1.79. The molecule has 0 atom stereocenters. The van der Waals surface area contributed by atoms with Gasteiger partial charge in [0.15, 0.2) is 0 Å². The molecule has 1 heterocycles. The second-order valence-corrected chi connectivity index (χ2v) is 2.97. The van der Waals surface area contributed by atoms with Crippen LogP contribution < -0.4 is 0 Å². The number of H-pyrrole nitrogens is 1. The van der Waals surface area contributed by atoms with E-state index < -0.39 is 0 Å². The van der Waals surface area contributed by atoms with Crippen molar-refractivity contribution in [2.75, 3.05) is 0 Å². The van der Waals surface area contributed by atoms with Gasteiger partial charge in [-0.2, -0.15) is 0 Å². The minimum absolute atomic E-state index is 0.643. The maximum atomic E-state index is 10.4. The fourth-order valence-electron chi connectivity index (χ4n) is 1.18. The van der Waals surface area contributed by atoms with Crippen LogP contribution in [0.15, 0.2) is 24.4 Å². The minimum Gasteiger partial charge on any atom is -0.360 e. The number of aromatic amines is 1. The summed E-state index contributed by atoms with van der Waals surface area (Å²) >= 11 is 5.85. The van der Waals surface area contributed by atoms with Crippen molar-refractivity contribution < 1.29 is 4.79 Å². The van der Waals surface area contributed by atoms with Crippen LogP contribution in [0, 0.1) is 0 Å². The second-order valence-electron chi connectivity index (χ2n) is 2.56. The highest BCUT2D eigenvalue weighted by Gasteiger charge is 2.00. The zero-order valence-electron chi connectivity index (χ0n) is 6.17. The summed E-state index contributed by atoms with van der Waals surface area (Å²) in [5.41, 5.74) is 1.59. The minimum atomic E-state index is 0.643. The van der Waals surface area contributed by atoms with E-state index in [1.807, 2.05) is 6.07 Å². The first-order valence-corrected chi connectivity index (χ1v) is 3.91. The largest absolute Gasteiger partial charge is 0.360 e. The first kappa shape index (κ1) is 7.37. The molecule has 0 unspecified atom stereocenters. The van der Waals surface area contributed by atoms with Gasteiger partial charge in [0.2, 0.25) is 0 Å². The molecule has 60 valence electrons. The maximum absolute atomic E-state index is 10.4. The molecule has 0 radical (unpaired) electrons. The number of fused-ring (bicyclic) bond motifs is 1. The van der Waals surface area contributed by atoms with E-state index in [1.54, 1.807) is 18.3 Å². The molecule has 1 aromatic carbocycles. The number of hydrogen-bond donors (Lipinski definition) is 1. The molecule has 12 heavy (non-hydrogen) atoms. The Morgan fingerprint density at radius 2 is 2.25 bits per heavy atom. The average molecular weight is 180 g/mol. The standard InChI is InChI=1S/C9H6ClNO/c10-8-4-11-9-2-1-6(5-12)3-7(8)9/h1-5,11H. The van der Waals surface area contributed by atoms with Gasteiger partial charge < -0.3 is 4.98 Å². The molecule has 0 aliphatic carbocycles. The van der Waals surface area contributed by atoms with Crippen LogP contribution in [0.2, 0.25) is 5.02 Å². The normalized spacial score (nSPS) is 10.4. The lowest BCUT2D eigenvalue weighted by molar-refractivity contribution is 0.112. The van der Waals surface area contributed by atoms with E-state index in [-0.39, 0.29) is 0 Å². The van der Waals surface area contributed by atoms with E-state index in [0.29, 0.717) is 10.6 Å². The summed E-state index contributed by atoms with van der Waals surface area (Å²) in [6.45, 7) is 0. The van der Waals surface area contributed by atoms with Gasteiger partial charge >= 0.3 is 0 Å². The molecule has 1 aromatic heterocycles. The van der Waals surface area contributed by atoms with Crippen LogP contribution in [0.5, 0.6) is 0 Å². The SMILES string of the molecule is O=Cc1ccc2[nH]cc(Cl)c2c1. The van der Waals surface area contributed by atoms with Crippen LogP contribution in [-0.2, 0) is 0 Å². The molecule has 0 saturated carbocycles. The van der Waals surface area contributed by atoms with Gasteiger partial charge in [0.25, 0.3) is 0 Å². The lowest BCUT2D eigenvalue weighted by Crippen LogP contribution is -1.77. The Hall–Kier alpha value is -1.28. The first-order chi connectivity index (χ1) is 5.81. The zero-order chi connectivity index (χ0) is 8.55. The molecule has 3 heteroatoms. The van der Waals surface area contributed by atoms with Crippen LogP contribution in [0.3, 0.4) is 0 Å². The highest BCUT2D eigenvalue weighted by atomic mass is 35.5. The lowest BCUT2D eigenvalue weighted by Gasteiger charge is -1.91. The van der Waals surface area contributed by atoms with Gasteiger partial charge in [0.1, 0.15) is 6.29 Å². The lowest BCUT2D eigenvalue weighted by atomic mass is 10.2. The predicted octanol–water partition coefficient (Wildman–Crippen LogP) is 2.63. The monoisotopic (exact) mass is 179 g/mol. The number of rotatable bonds is 1. The molecule has 1 N–H and O–H groups in total. The number of aromatic nitrogens is 1. The molecule has 2 aromatic rings. The predicted molar refractivity (Wildman–Crippen MR) is 48.7 cm³/mol. The Kier molecular flexibility index (Phi) is 1.62. The van der Waals surface area contributed by atoms with Crippen molar-refractivity contribution in [2.24, 2.45) is 0 Å². The second kappa shape index (κ2) is 2.64. The fraction of sp³-hybridized carbons (Fsp3) is 0. The topological polar surface area (TPSA) is 32.9 Å². The molecule has 0 saturated heterocycles. The van der Waals surface area contributed by atoms with Crippen LogP contribution in [0.4, 0.5) is 0 Å². The zero-order valence-corrected chi connectivity index (χ0v) is 6.93. The molecule has 0 fully saturated rings. The highest BCUT2D eigenvalue weighted by molar-refractivity contribution is 6.35. The molecule has 0 aliphatic rings. The molecular formula is C9H6ClNO. The molecule has 2 rings (SSSR count). The van der Waals surface area contributed by atoms with Gasteiger partial charge in [-0.3, -0.25) is 4.79 Å². The van der Waals surface area contributed by atoms with Gasteiger partial charge in [0, 0.05) is 22.7 Å². The van der Waals surface area contributed by atoms with E-state index in [0.717, 1.165) is 17.2 Å². The van der Waals surface area contributed by atoms with Crippen LogP contribution >= 0.6 is 11.6 Å². The Morgan fingerprint density at radius 1 is 1.42 bits per heavy atom. The smallest absolute Gasteiger partial charge is 0.150 e. The van der Waals surface area contributed by atoms with Gasteiger partial charge in [-0.15, -0.1) is 0 Å². The van der Waals surface area contributed by atoms with Crippen molar-refractivity contribution in [2.45, 2.75) is 0 Å². The van der Waals surface area contributed by atoms with E-state index in [2.05, 4.69) is 4.98 Å². The Bertz CT molecular complexity index is 433. The third kappa shape index (κ3) is 1.01. The summed E-state index contributed by atoms with van der Waals surface area (Å²) in [5.74, 6) is 0. The maximum Gasteiger partial charge on any atom is 0.150 e. The van der Waals surface area contributed by atoms with E-state index in [1.165, 1.54) is 0 Å². The summed E-state index contributed by atoms with van der Waals surface area (Å²) in [6.07, 6.45) is 2.52. The summed E-state index contributed by atoms with van der Waals surface area (Å²) in [5, 5.41) is 1.54. The van der Waals surface area contributed by atoms with Crippen molar-refractivity contribution in [3.05, 3.63) is 35.0 Å². The molecule has 0 aliphatic heterocycles. The van der Waals surface area contributed by atoms with Gasteiger partial charge in [-0.1, -0.05) is 11.6 Å². The summed E-state index contributed by atoms with van der Waals surface area (Å²) in [6, 6.07) is 5.36. The van der Waals surface area contributed by atoms with Gasteiger partial charge in [-0.05, 0) is 18.2 Å². The summed E-state index contributed by atoms with van der Waals surface area (Å²) in [7, 11) is 0. The Balaban J connectivity index is 2.79. The van der Waals surface area contributed by atoms with E-state index in [9.17, 15) is 4.79 Å². The summed E-state index contributed by atoms with van der Waals surface area (Å²) < 4.78 is 0. The van der Waals surface area contributed by atoms with Crippen molar-refractivity contribution in [1.29, 1.82) is 0 Å². The Morgan fingerprint density at radius 3 is 3.00 bits per heavy atom. The van der Waals surface area contributed by atoms with Gasteiger partial charge in [0.05, 0.1) is 5.02 Å². The third-order valence-corrected chi connectivity index (χ3v) is 2.10. The van der Waals surface area contributed by atoms with Crippen molar-refractivity contribution in [1.82, 2.24) is 4.98 Å². The first-order valence-electron chi connectivity index (χ1n) is 3.53. The number of carbonyl (C=O) groups is 1. The van der Waals surface area contributed by atoms with Crippen LogP contribution in [-0.4, -0.2) is 11.3 Å². The molecule has 0 spiro atoms. The van der Waals surface area contributed by atoms with E-state index in [4.69, 9.17) is 11.6 Å². The fourth-order valence-corrected chi connectivity index (χ4v) is 1.39. The van der Waals surface area contributed by atoms with Crippen molar-refractivity contribution >= 4 is 28.8 Å². The molecule has 0 amide bonds. The highest BCUT2D eigenvalue weighted by Crippen LogP contribution is 2.23. The molecule has 0 bridgehead atoms. The quantitative estimate of drug-likeness (QED) is 0.671.